The minimum atomic E-state index is -0.698. The number of carbonyl (C=O) groups excluding carboxylic acids is 3. The number of carbonyl (C=O) groups is 3. The van der Waals surface area contributed by atoms with Gasteiger partial charge in [0.25, 0.3) is 0 Å². The predicted molar refractivity (Wildman–Crippen MR) is 156 cm³/mol. The zero-order valence-electron chi connectivity index (χ0n) is 21.8. The van der Waals surface area contributed by atoms with Crippen molar-refractivity contribution in [3.8, 4) is 5.75 Å². The summed E-state index contributed by atoms with van der Waals surface area (Å²) in [6.07, 6.45) is 3.79. The van der Waals surface area contributed by atoms with Crippen molar-refractivity contribution in [1.29, 1.82) is 0 Å². The number of benzene rings is 2. The van der Waals surface area contributed by atoms with Crippen LogP contribution in [0.3, 0.4) is 0 Å². The molecule has 6 atom stereocenters. The number of rotatable bonds is 11. The van der Waals surface area contributed by atoms with E-state index in [4.69, 9.17) is 9.84 Å². The molecule has 208 valence electrons. The normalized spacial score (nSPS) is 28.8. The van der Waals surface area contributed by atoms with Crippen molar-refractivity contribution in [2.45, 2.75) is 53.0 Å². The summed E-state index contributed by atoms with van der Waals surface area (Å²) < 4.78 is 4.54. The number of aliphatic hydroxyl groups is 1. The zero-order valence-corrected chi connectivity index (χ0v) is 24.2. The van der Waals surface area contributed by atoms with Crippen LogP contribution in [0.4, 0.5) is 11.4 Å². The van der Waals surface area contributed by atoms with Crippen LogP contribution in [0, 0.1) is 11.8 Å². The number of unbranched alkanes of at least 4 members (excludes halogenated alkanes) is 3. The zero-order chi connectivity index (χ0) is 27.6. The third-order valence-electron chi connectivity index (χ3n) is 8.05. The fraction of sp³-hybridized carbons (Fsp3) is 0.483. The number of hydrogen-bond donors (Lipinski definition) is 3. The van der Waals surface area contributed by atoms with Crippen LogP contribution in [0.15, 0.2) is 54.6 Å². The Morgan fingerprint density at radius 3 is 2.38 bits per heavy atom. The molecule has 3 unspecified atom stereocenters. The van der Waals surface area contributed by atoms with Gasteiger partial charge in [0.15, 0.2) is 0 Å². The van der Waals surface area contributed by atoms with Crippen molar-refractivity contribution in [1.82, 2.24) is 4.90 Å². The molecular formula is C29H34BrN3O5S. The summed E-state index contributed by atoms with van der Waals surface area (Å²) in [6, 6.07) is 15.7. The van der Waals surface area contributed by atoms with Crippen LogP contribution < -0.4 is 15.4 Å². The first-order chi connectivity index (χ1) is 18.9. The molecule has 3 saturated heterocycles. The van der Waals surface area contributed by atoms with Gasteiger partial charge in [0, 0.05) is 34.6 Å². The van der Waals surface area contributed by atoms with E-state index in [1.165, 1.54) is 0 Å². The quantitative estimate of drug-likeness (QED) is 0.257. The first kappa shape index (κ1) is 28.0. The SMILES string of the molecule is COc1ccc(NC(=O)C2N(CCCCCCO)C(=O)[C@@H]3[C@@H](C(=O)Nc4ccccc4)[C@@H]4SC23CC4Br)cc1. The fourth-order valence-electron chi connectivity index (χ4n) is 6.35. The molecule has 3 amide bonds. The largest absolute Gasteiger partial charge is 0.497 e. The van der Waals surface area contributed by atoms with E-state index in [0.29, 0.717) is 36.5 Å². The lowest BCUT2D eigenvalue weighted by Gasteiger charge is -2.35. The van der Waals surface area contributed by atoms with Crippen LogP contribution in [0.25, 0.3) is 0 Å². The number of methoxy groups -OCH3 is 1. The molecule has 0 aromatic heterocycles. The number of nitrogens with zero attached hydrogens (tertiary/aromatic N) is 1. The lowest BCUT2D eigenvalue weighted by atomic mass is 9.70. The summed E-state index contributed by atoms with van der Waals surface area (Å²) in [5, 5.41) is 15.1. The molecular weight excluding hydrogens is 582 g/mol. The molecule has 3 aliphatic heterocycles. The lowest BCUT2D eigenvalue weighted by Crippen LogP contribution is -2.52. The number of para-hydroxylation sites is 1. The van der Waals surface area contributed by atoms with E-state index in [-0.39, 0.29) is 34.4 Å². The molecule has 0 saturated carbocycles. The molecule has 3 aliphatic rings. The molecule has 2 aromatic rings. The number of likely N-dealkylation sites (tertiary alicyclic amines) is 1. The molecule has 3 N–H and O–H groups in total. The van der Waals surface area contributed by atoms with Gasteiger partial charge in [0.2, 0.25) is 17.7 Å². The fourth-order valence-corrected chi connectivity index (χ4v) is 9.96. The van der Waals surface area contributed by atoms with E-state index in [0.717, 1.165) is 19.3 Å². The van der Waals surface area contributed by atoms with Crippen LogP contribution in [0.2, 0.25) is 0 Å². The summed E-state index contributed by atoms with van der Waals surface area (Å²) >= 11 is 5.43. The molecule has 2 aromatic carbocycles. The topological polar surface area (TPSA) is 108 Å². The summed E-state index contributed by atoms with van der Waals surface area (Å²) in [5.41, 5.74) is 1.32. The maximum Gasteiger partial charge on any atom is 0.248 e. The summed E-state index contributed by atoms with van der Waals surface area (Å²) in [6.45, 7) is 0.581. The molecule has 3 heterocycles. The molecule has 10 heteroatoms. The molecule has 0 aliphatic carbocycles. The van der Waals surface area contributed by atoms with Gasteiger partial charge in [0.05, 0.1) is 23.7 Å². The molecule has 2 bridgehead atoms. The molecule has 0 radical (unpaired) electrons. The van der Waals surface area contributed by atoms with Gasteiger partial charge in [0.1, 0.15) is 11.8 Å². The van der Waals surface area contributed by atoms with E-state index in [1.807, 2.05) is 30.3 Å². The number of alkyl halides is 1. The van der Waals surface area contributed by atoms with E-state index in [9.17, 15) is 14.4 Å². The van der Waals surface area contributed by atoms with Crippen LogP contribution in [-0.4, -0.2) is 68.9 Å². The van der Waals surface area contributed by atoms with Crippen molar-refractivity contribution in [3.63, 3.8) is 0 Å². The van der Waals surface area contributed by atoms with E-state index >= 15 is 0 Å². The van der Waals surface area contributed by atoms with E-state index < -0.39 is 22.6 Å². The second kappa shape index (κ2) is 11.9. The predicted octanol–water partition coefficient (Wildman–Crippen LogP) is 4.29. The van der Waals surface area contributed by atoms with Crippen molar-refractivity contribution in [3.05, 3.63) is 54.6 Å². The average Bonchev–Trinajstić information content (AvgIpc) is 3.53. The van der Waals surface area contributed by atoms with Crippen molar-refractivity contribution in [2.75, 3.05) is 30.9 Å². The highest BCUT2D eigenvalue weighted by Crippen LogP contribution is 2.67. The molecule has 39 heavy (non-hydrogen) atoms. The Balaban J connectivity index is 1.43. The van der Waals surface area contributed by atoms with Crippen LogP contribution in [-0.2, 0) is 14.4 Å². The standard InChI is InChI=1S/C29H34BrN3O5S/c1-38-20-13-11-19(12-14-20)32-27(36)25-29-17-21(30)24(39-29)22(26(35)31-18-9-5-4-6-10-18)23(29)28(37)33(25)15-7-2-3-8-16-34/h4-6,9-14,21-25,34H,2-3,7-8,15-17H2,1H3,(H,31,35)(H,32,36)/t21?,22-,23+,24-,25?,29?/m1/s1. The number of halogens is 1. The Kier molecular flexibility index (Phi) is 8.54. The molecule has 1 spiro atoms. The highest BCUT2D eigenvalue weighted by molar-refractivity contribution is 9.09. The Labute approximate surface area is 241 Å². The Hall–Kier alpha value is -2.56. The van der Waals surface area contributed by atoms with E-state index in [1.54, 1.807) is 48.0 Å². The smallest absolute Gasteiger partial charge is 0.248 e. The Bertz CT molecular complexity index is 1200. The first-order valence-electron chi connectivity index (χ1n) is 13.4. The minimum Gasteiger partial charge on any atom is -0.497 e. The molecule has 5 rings (SSSR count). The number of anilines is 2. The van der Waals surface area contributed by atoms with Crippen molar-refractivity contribution < 1.29 is 24.2 Å². The van der Waals surface area contributed by atoms with Crippen LogP contribution in [0.1, 0.15) is 32.1 Å². The average molecular weight is 617 g/mol. The van der Waals surface area contributed by atoms with Crippen molar-refractivity contribution in [2.24, 2.45) is 11.8 Å². The summed E-state index contributed by atoms with van der Waals surface area (Å²) in [4.78, 5) is 43.4. The van der Waals surface area contributed by atoms with Gasteiger partial charge in [-0.3, -0.25) is 14.4 Å². The second-order valence-electron chi connectivity index (χ2n) is 10.4. The van der Waals surface area contributed by atoms with Gasteiger partial charge in [-0.1, -0.05) is 47.0 Å². The van der Waals surface area contributed by atoms with Gasteiger partial charge in [-0.25, -0.2) is 0 Å². The van der Waals surface area contributed by atoms with Gasteiger partial charge in [-0.05, 0) is 55.7 Å². The monoisotopic (exact) mass is 615 g/mol. The maximum atomic E-state index is 14.1. The highest BCUT2D eigenvalue weighted by atomic mass is 79.9. The first-order valence-corrected chi connectivity index (χ1v) is 15.2. The Morgan fingerprint density at radius 1 is 1.03 bits per heavy atom. The van der Waals surface area contributed by atoms with Gasteiger partial charge in [-0.2, -0.15) is 0 Å². The molecule has 8 nitrogen and oxygen atoms in total. The highest BCUT2D eigenvalue weighted by Gasteiger charge is 2.75. The number of aliphatic hydroxyl groups excluding tert-OH is 1. The number of fused-ring (bicyclic) bond motifs is 1. The molecule has 3 fully saturated rings. The third-order valence-corrected chi connectivity index (χ3v) is 11.3. The van der Waals surface area contributed by atoms with Gasteiger partial charge < -0.3 is 25.4 Å². The summed E-state index contributed by atoms with van der Waals surface area (Å²) in [7, 11) is 1.59. The number of hydrogen-bond acceptors (Lipinski definition) is 6. The minimum absolute atomic E-state index is 0.0128. The van der Waals surface area contributed by atoms with Crippen LogP contribution in [0.5, 0.6) is 5.75 Å². The number of amides is 3. The van der Waals surface area contributed by atoms with Crippen LogP contribution >= 0.6 is 27.7 Å². The number of thioether (sulfide) groups is 1. The number of ether oxygens (including phenoxy) is 1. The number of nitrogens with one attached hydrogen (secondary N) is 2. The Morgan fingerprint density at radius 2 is 1.69 bits per heavy atom. The third kappa shape index (κ3) is 5.30. The second-order valence-corrected chi connectivity index (χ2v) is 13.1. The van der Waals surface area contributed by atoms with E-state index in [2.05, 4.69) is 26.6 Å². The maximum absolute atomic E-state index is 14.1. The lowest BCUT2D eigenvalue weighted by molar-refractivity contribution is -0.138. The van der Waals surface area contributed by atoms with Crippen molar-refractivity contribution >= 4 is 56.8 Å². The van der Waals surface area contributed by atoms with Gasteiger partial charge in [-0.15, -0.1) is 11.8 Å². The van der Waals surface area contributed by atoms with Gasteiger partial charge >= 0.3 is 0 Å². The summed E-state index contributed by atoms with van der Waals surface area (Å²) in [5.74, 6) is -0.961.